The van der Waals surface area contributed by atoms with Crippen molar-refractivity contribution in [2.75, 3.05) is 12.3 Å². The van der Waals surface area contributed by atoms with Gasteiger partial charge >= 0.3 is 33.4 Å². The van der Waals surface area contributed by atoms with E-state index in [9.17, 15) is 13.2 Å². The van der Waals surface area contributed by atoms with Gasteiger partial charge in [0.05, 0.1) is 49.4 Å². The van der Waals surface area contributed by atoms with E-state index in [1.54, 1.807) is 0 Å². The quantitative estimate of drug-likeness (QED) is 0.0615. The Balaban J connectivity index is 0.000000341. The number of hydrogen-bond donors (Lipinski definition) is 0. The van der Waals surface area contributed by atoms with Crippen molar-refractivity contribution in [3.8, 4) is 0 Å². The Hall–Kier alpha value is -1.94. The molecule has 265 valence electrons. The molecule has 0 aliphatic carbocycles. The molecular formula is C37H41BrF3NiO3P3S+. The van der Waals surface area contributed by atoms with Crippen molar-refractivity contribution in [2.24, 2.45) is 0 Å². The van der Waals surface area contributed by atoms with E-state index in [1.165, 1.54) is 45.3 Å². The Kier molecular flexibility index (Phi) is 20.8. The molecule has 12 heteroatoms. The number of benzene rings is 5. The van der Waals surface area contributed by atoms with Crippen LogP contribution in [0, 0.1) is 0 Å². The molecule has 0 radical (unpaired) electrons. The van der Waals surface area contributed by atoms with Gasteiger partial charge in [-0.15, -0.1) is 0 Å². The van der Waals surface area contributed by atoms with Gasteiger partial charge in [-0.05, 0) is 59.5 Å². The third-order valence-electron chi connectivity index (χ3n) is 6.86. The van der Waals surface area contributed by atoms with E-state index in [1.807, 2.05) is 0 Å². The third kappa shape index (κ3) is 16.8. The zero-order chi connectivity index (χ0) is 36.1. The fourth-order valence-electron chi connectivity index (χ4n) is 4.78. The number of hydrogen-bond acceptors (Lipinski definition) is 3. The van der Waals surface area contributed by atoms with Crippen molar-refractivity contribution in [1.29, 1.82) is 0 Å². The van der Waals surface area contributed by atoms with Crippen LogP contribution in [0.25, 0.3) is 0 Å². The molecule has 0 N–H and O–H groups in total. The van der Waals surface area contributed by atoms with Gasteiger partial charge in [-0.2, -0.15) is 13.2 Å². The SMILES string of the molecule is CC(C)Pc1ccccc1.O=S(=O)([O-])C(F)(F)F.[Ni][Br].c1ccc([PH+](CCC[PH+](c2ccccc2)c2ccccc2)c2ccccc2)cc1. The molecule has 0 saturated heterocycles. The van der Waals surface area contributed by atoms with Gasteiger partial charge in [0.25, 0.3) is 0 Å². The second kappa shape index (κ2) is 23.5. The first-order valence-electron chi connectivity index (χ1n) is 15.3. The van der Waals surface area contributed by atoms with Crippen molar-refractivity contribution in [2.45, 2.75) is 31.4 Å². The molecule has 49 heavy (non-hydrogen) atoms. The Bertz CT molecular complexity index is 1510. The van der Waals surface area contributed by atoms with Crippen molar-refractivity contribution in [1.82, 2.24) is 0 Å². The predicted octanol–water partition coefficient (Wildman–Crippen LogP) is 8.40. The maximum Gasteiger partial charge on any atom is 0.0966 e. The Labute approximate surface area is 308 Å². The smallest absolute Gasteiger partial charge is 0.0620 e. The van der Waals surface area contributed by atoms with Crippen LogP contribution in [-0.2, 0) is 23.8 Å². The van der Waals surface area contributed by atoms with Crippen LogP contribution in [0.15, 0.2) is 152 Å². The van der Waals surface area contributed by atoms with Gasteiger partial charge in [0, 0.05) is 6.42 Å². The van der Waals surface area contributed by atoms with E-state index < -0.39 is 31.5 Å². The minimum Gasteiger partial charge on any atom is -0.0620 e. The van der Waals surface area contributed by atoms with E-state index in [0.29, 0.717) is 0 Å². The molecule has 5 aromatic carbocycles. The average Bonchev–Trinajstić information content (AvgIpc) is 3.11. The molecule has 5 aromatic rings. The van der Waals surface area contributed by atoms with E-state index in [-0.39, 0.29) is 0 Å². The molecule has 0 bridgehead atoms. The topological polar surface area (TPSA) is 57.2 Å². The maximum atomic E-state index is 10.7. The zero-order valence-corrected chi connectivity index (χ0v) is 33.5. The second-order valence-electron chi connectivity index (χ2n) is 10.8. The maximum absolute atomic E-state index is 10.7. The fraction of sp³-hybridized carbons (Fsp3) is 0.189. The van der Waals surface area contributed by atoms with Crippen LogP contribution in [0.4, 0.5) is 13.2 Å². The number of halogens is 4. The fourth-order valence-corrected chi connectivity index (χ4v) is 11.4. The second-order valence-corrected chi connectivity index (χ2v) is 19.5. The van der Waals surface area contributed by atoms with Crippen LogP contribution >= 0.6 is 38.6 Å². The molecule has 0 spiro atoms. The molecule has 0 aliphatic heterocycles. The number of alkyl halides is 3. The molecule has 0 saturated carbocycles. The van der Waals surface area contributed by atoms with Gasteiger partial charge in [-0.25, -0.2) is 8.42 Å². The van der Waals surface area contributed by atoms with Crippen LogP contribution in [-0.4, -0.2) is 36.5 Å². The van der Waals surface area contributed by atoms with Crippen molar-refractivity contribution in [3.05, 3.63) is 152 Å². The molecule has 1 unspecified atom stereocenters. The summed E-state index contributed by atoms with van der Waals surface area (Å²) in [6.07, 6.45) is 3.84. The summed E-state index contributed by atoms with van der Waals surface area (Å²) < 4.78 is 58.9. The summed E-state index contributed by atoms with van der Waals surface area (Å²) >= 11 is 6.25. The average molecular weight is 854 g/mol. The van der Waals surface area contributed by atoms with E-state index in [2.05, 4.69) is 193 Å². The van der Waals surface area contributed by atoms with Gasteiger partial charge in [-0.1, -0.05) is 126 Å². The Morgan fingerprint density at radius 1 is 0.612 bits per heavy atom. The van der Waals surface area contributed by atoms with Crippen molar-refractivity contribution >= 4 is 75.3 Å². The summed E-state index contributed by atoms with van der Waals surface area (Å²) in [7, 11) is -6.61. The summed E-state index contributed by atoms with van der Waals surface area (Å²) in [6, 6.07) is 55.2. The number of rotatable bonds is 10. The van der Waals surface area contributed by atoms with Crippen LogP contribution in [0.5, 0.6) is 0 Å². The summed E-state index contributed by atoms with van der Waals surface area (Å²) in [6.45, 7) is 4.51. The Morgan fingerprint density at radius 3 is 1.08 bits per heavy atom. The first kappa shape index (κ1) is 43.2. The predicted molar refractivity (Wildman–Crippen MR) is 209 cm³/mol. The van der Waals surface area contributed by atoms with Crippen LogP contribution in [0.3, 0.4) is 0 Å². The molecule has 5 rings (SSSR count). The summed E-state index contributed by atoms with van der Waals surface area (Å²) in [5.74, 6) is 0. The summed E-state index contributed by atoms with van der Waals surface area (Å²) in [5.41, 5.74) is -4.85. The van der Waals surface area contributed by atoms with Gasteiger partial charge in [-0.3, -0.25) is 0 Å². The van der Waals surface area contributed by atoms with Crippen LogP contribution in [0.2, 0.25) is 0 Å². The van der Waals surface area contributed by atoms with Crippen LogP contribution < -0.4 is 26.5 Å². The molecular weight excluding hydrogens is 813 g/mol. The molecule has 0 fully saturated rings. The van der Waals surface area contributed by atoms with Crippen molar-refractivity contribution < 1.29 is 39.8 Å². The van der Waals surface area contributed by atoms with Gasteiger partial charge in [0.2, 0.25) is 0 Å². The molecule has 0 aromatic heterocycles. The van der Waals surface area contributed by atoms with Gasteiger partial charge in [0.1, 0.15) is 0 Å². The molecule has 0 aliphatic rings. The molecule has 3 nitrogen and oxygen atoms in total. The van der Waals surface area contributed by atoms with Crippen LogP contribution in [0.1, 0.15) is 20.3 Å². The van der Waals surface area contributed by atoms with E-state index >= 15 is 0 Å². The van der Waals surface area contributed by atoms with E-state index in [4.69, 9.17) is 13.0 Å². The van der Waals surface area contributed by atoms with Gasteiger partial charge < -0.3 is 4.55 Å². The normalized spacial score (nSPS) is 11.3. The third-order valence-corrected chi connectivity index (χ3v) is 14.5. The minimum atomic E-state index is -6.09. The first-order valence-corrected chi connectivity index (χ1v) is 23.7. The standard InChI is InChI=1S/C27H26P2.C9H13P.CHF3O3S.BrH.Ni/c1-5-14-24(15-6-1)28(25-16-7-2-8-17-25)22-13-23-29(26-18-9-3-10-19-26)27-20-11-4-12-21-27;1-8(2)10-9-6-4-3-5-7-9;2-1(3,4)8(5,6)7;;/h1-12,14-21H,13,22-23H2;3-8,10H,1-2H3;(H,5,6,7);1H;/q;;;;+1. The monoisotopic (exact) mass is 852 g/mol. The molecule has 0 amide bonds. The summed E-state index contributed by atoms with van der Waals surface area (Å²) in [4.78, 5) is 0. The zero-order valence-electron chi connectivity index (χ0n) is 27.1. The van der Waals surface area contributed by atoms with Crippen molar-refractivity contribution in [3.63, 3.8) is 0 Å². The largest absolute Gasteiger partial charge is 0.0966 e. The molecule has 0 heterocycles. The molecule has 1 atom stereocenters. The minimum absolute atomic E-state index is 0.742. The summed E-state index contributed by atoms with van der Waals surface area (Å²) in [5, 5.41) is 7.57. The first-order chi connectivity index (χ1) is 23.5. The Morgan fingerprint density at radius 2 is 0.857 bits per heavy atom. The van der Waals surface area contributed by atoms with E-state index in [0.717, 1.165) is 14.2 Å². The van der Waals surface area contributed by atoms with Gasteiger partial charge in [0.15, 0.2) is 10.1 Å².